The summed E-state index contributed by atoms with van der Waals surface area (Å²) in [5, 5.41) is 7.51. The van der Waals surface area contributed by atoms with Crippen LogP contribution in [0.4, 0.5) is 0 Å². The van der Waals surface area contributed by atoms with Crippen molar-refractivity contribution in [2.24, 2.45) is 17.4 Å². The Labute approximate surface area is 104 Å². The molecular formula is C10H17N5O3. The number of nitrogens with two attached hydrogens (primary N) is 2. The van der Waals surface area contributed by atoms with Crippen molar-refractivity contribution in [1.82, 2.24) is 15.0 Å². The molecule has 0 saturated heterocycles. The highest BCUT2D eigenvalue weighted by Gasteiger charge is 2.21. The van der Waals surface area contributed by atoms with E-state index in [4.69, 9.17) is 16.2 Å². The molecule has 1 rings (SSSR count). The van der Waals surface area contributed by atoms with E-state index in [0.717, 1.165) is 0 Å². The lowest BCUT2D eigenvalue weighted by Gasteiger charge is -2.09. The molecular weight excluding hydrogens is 238 g/mol. The van der Waals surface area contributed by atoms with Gasteiger partial charge in [-0.3, -0.25) is 4.79 Å². The Hall–Kier alpha value is -1.96. The molecule has 0 aliphatic rings. The van der Waals surface area contributed by atoms with Crippen molar-refractivity contribution in [3.05, 3.63) is 11.4 Å². The van der Waals surface area contributed by atoms with Crippen LogP contribution in [0, 0.1) is 5.92 Å². The van der Waals surface area contributed by atoms with Crippen LogP contribution in [0.1, 0.15) is 30.0 Å². The molecule has 0 spiro atoms. The highest BCUT2D eigenvalue weighted by molar-refractivity contribution is 5.88. The molecule has 0 saturated carbocycles. The van der Waals surface area contributed by atoms with Crippen molar-refractivity contribution in [2.75, 3.05) is 6.61 Å². The van der Waals surface area contributed by atoms with Crippen molar-refractivity contribution in [2.45, 2.75) is 26.9 Å². The standard InChI is InChI=1S/C10H17N5O3/c1-3-18-10(17)8-7(4-11)15(14-13-8)5-6(2)9(12)16/h6H,3-5,11H2,1-2H3,(H2,12,16). The van der Waals surface area contributed by atoms with E-state index in [2.05, 4.69) is 10.3 Å². The number of amides is 1. The summed E-state index contributed by atoms with van der Waals surface area (Å²) in [5.41, 5.74) is 11.2. The van der Waals surface area contributed by atoms with Crippen LogP contribution in [0.5, 0.6) is 0 Å². The summed E-state index contributed by atoms with van der Waals surface area (Å²) < 4.78 is 6.24. The van der Waals surface area contributed by atoms with Gasteiger partial charge in [0.15, 0.2) is 5.69 Å². The van der Waals surface area contributed by atoms with Gasteiger partial charge in [-0.05, 0) is 6.92 Å². The lowest BCUT2D eigenvalue weighted by Crippen LogP contribution is -2.26. The molecule has 1 heterocycles. The van der Waals surface area contributed by atoms with Crippen LogP contribution in [0.25, 0.3) is 0 Å². The first-order valence-corrected chi connectivity index (χ1v) is 5.60. The fourth-order valence-electron chi connectivity index (χ4n) is 1.39. The van der Waals surface area contributed by atoms with Gasteiger partial charge in [0.25, 0.3) is 0 Å². The molecule has 0 aromatic carbocycles. The van der Waals surface area contributed by atoms with Gasteiger partial charge in [-0.1, -0.05) is 12.1 Å². The van der Waals surface area contributed by atoms with E-state index in [0.29, 0.717) is 5.69 Å². The third kappa shape index (κ3) is 3.04. The van der Waals surface area contributed by atoms with Gasteiger partial charge in [-0.15, -0.1) is 5.10 Å². The maximum atomic E-state index is 11.6. The predicted octanol–water partition coefficient (Wildman–Crippen LogP) is -0.965. The highest BCUT2D eigenvalue weighted by Crippen LogP contribution is 2.09. The molecule has 18 heavy (non-hydrogen) atoms. The molecule has 0 radical (unpaired) electrons. The van der Waals surface area contributed by atoms with E-state index < -0.39 is 17.8 Å². The minimum Gasteiger partial charge on any atom is -0.461 e. The fraction of sp³-hybridized carbons (Fsp3) is 0.600. The van der Waals surface area contributed by atoms with Crippen LogP contribution in [0.15, 0.2) is 0 Å². The minimum atomic E-state index is -0.573. The summed E-state index contributed by atoms with van der Waals surface area (Å²) in [6.45, 7) is 3.91. The highest BCUT2D eigenvalue weighted by atomic mass is 16.5. The smallest absolute Gasteiger partial charge is 0.360 e. The normalized spacial score (nSPS) is 12.2. The number of carbonyl (C=O) groups excluding carboxylic acids is 2. The zero-order chi connectivity index (χ0) is 13.7. The number of esters is 1. The van der Waals surface area contributed by atoms with E-state index >= 15 is 0 Å². The summed E-state index contributed by atoms with van der Waals surface area (Å²) in [6.07, 6.45) is 0. The van der Waals surface area contributed by atoms with E-state index in [-0.39, 0.29) is 25.4 Å². The lowest BCUT2D eigenvalue weighted by molar-refractivity contribution is -0.121. The Morgan fingerprint density at radius 2 is 2.17 bits per heavy atom. The molecule has 100 valence electrons. The van der Waals surface area contributed by atoms with E-state index in [1.54, 1.807) is 13.8 Å². The van der Waals surface area contributed by atoms with E-state index in [1.807, 2.05) is 0 Å². The van der Waals surface area contributed by atoms with E-state index in [1.165, 1.54) is 4.68 Å². The molecule has 0 fully saturated rings. The van der Waals surface area contributed by atoms with Gasteiger partial charge in [0.2, 0.25) is 5.91 Å². The number of rotatable bonds is 6. The minimum absolute atomic E-state index is 0.0760. The monoisotopic (exact) mass is 255 g/mol. The van der Waals surface area contributed by atoms with Crippen molar-refractivity contribution >= 4 is 11.9 Å². The zero-order valence-corrected chi connectivity index (χ0v) is 10.4. The van der Waals surface area contributed by atoms with Crippen LogP contribution in [0.2, 0.25) is 0 Å². The van der Waals surface area contributed by atoms with Crippen LogP contribution in [0.3, 0.4) is 0 Å². The van der Waals surface area contributed by atoms with Gasteiger partial charge in [0.1, 0.15) is 0 Å². The zero-order valence-electron chi connectivity index (χ0n) is 10.4. The first-order chi connectivity index (χ1) is 8.51. The van der Waals surface area contributed by atoms with Gasteiger partial charge in [0, 0.05) is 6.54 Å². The maximum Gasteiger partial charge on any atom is 0.360 e. The first-order valence-electron chi connectivity index (χ1n) is 5.60. The molecule has 1 amide bonds. The average molecular weight is 255 g/mol. The molecule has 4 N–H and O–H groups in total. The van der Waals surface area contributed by atoms with E-state index in [9.17, 15) is 9.59 Å². The summed E-state index contributed by atoms with van der Waals surface area (Å²) in [7, 11) is 0. The summed E-state index contributed by atoms with van der Waals surface area (Å²) in [4.78, 5) is 22.6. The second-order valence-corrected chi connectivity index (χ2v) is 3.79. The van der Waals surface area contributed by atoms with Crippen LogP contribution < -0.4 is 11.5 Å². The quantitative estimate of drug-likeness (QED) is 0.630. The van der Waals surface area contributed by atoms with Gasteiger partial charge in [-0.25, -0.2) is 9.48 Å². The summed E-state index contributed by atoms with van der Waals surface area (Å²) in [5.74, 6) is -1.45. The second-order valence-electron chi connectivity index (χ2n) is 3.79. The number of primary amides is 1. The Kier molecular flexibility index (Phi) is 4.78. The molecule has 0 aliphatic carbocycles. The Bertz CT molecular complexity index is 443. The lowest BCUT2D eigenvalue weighted by atomic mass is 10.1. The fourth-order valence-corrected chi connectivity index (χ4v) is 1.39. The molecule has 1 unspecified atom stereocenters. The number of ether oxygens (including phenoxy) is 1. The Morgan fingerprint density at radius 1 is 1.50 bits per heavy atom. The third-order valence-corrected chi connectivity index (χ3v) is 2.43. The first kappa shape index (κ1) is 14.1. The molecule has 1 aromatic rings. The topological polar surface area (TPSA) is 126 Å². The number of nitrogens with zero attached hydrogens (tertiary/aromatic N) is 3. The molecule has 1 aromatic heterocycles. The summed E-state index contributed by atoms with van der Waals surface area (Å²) in [6, 6.07) is 0. The molecule has 0 aliphatic heterocycles. The number of carbonyl (C=O) groups is 2. The van der Waals surface area contributed by atoms with Crippen LogP contribution in [-0.4, -0.2) is 33.5 Å². The van der Waals surface area contributed by atoms with Gasteiger partial charge in [-0.2, -0.15) is 0 Å². The largest absolute Gasteiger partial charge is 0.461 e. The van der Waals surface area contributed by atoms with Crippen molar-refractivity contribution in [3.8, 4) is 0 Å². The van der Waals surface area contributed by atoms with Crippen molar-refractivity contribution in [3.63, 3.8) is 0 Å². The molecule has 8 heteroatoms. The second kappa shape index (κ2) is 6.10. The maximum absolute atomic E-state index is 11.6. The van der Waals surface area contributed by atoms with Crippen molar-refractivity contribution < 1.29 is 14.3 Å². The van der Waals surface area contributed by atoms with Crippen LogP contribution in [-0.2, 0) is 22.6 Å². The molecule has 1 atom stereocenters. The van der Waals surface area contributed by atoms with Gasteiger partial charge < -0.3 is 16.2 Å². The predicted molar refractivity (Wildman–Crippen MR) is 62.2 cm³/mol. The number of hydrogen-bond donors (Lipinski definition) is 2. The van der Waals surface area contributed by atoms with Gasteiger partial charge in [0.05, 0.1) is 24.8 Å². The summed E-state index contributed by atoms with van der Waals surface area (Å²) >= 11 is 0. The Morgan fingerprint density at radius 3 is 2.67 bits per heavy atom. The number of hydrogen-bond acceptors (Lipinski definition) is 6. The number of aromatic nitrogens is 3. The van der Waals surface area contributed by atoms with Crippen molar-refractivity contribution in [1.29, 1.82) is 0 Å². The van der Waals surface area contributed by atoms with Crippen LogP contribution >= 0.6 is 0 Å². The Balaban J connectivity index is 2.94. The molecule has 0 bridgehead atoms. The third-order valence-electron chi connectivity index (χ3n) is 2.43. The van der Waals surface area contributed by atoms with Gasteiger partial charge >= 0.3 is 5.97 Å². The average Bonchev–Trinajstić information content (AvgIpc) is 2.72. The molecule has 8 nitrogen and oxygen atoms in total. The SMILES string of the molecule is CCOC(=O)c1nnn(CC(C)C(N)=O)c1CN.